The molecule has 0 radical (unpaired) electrons. The molecular formula is C49H74INO16S. The SMILES string of the molecule is CN[C@H]1C[C@@H](C)O[C@@H](O[C@@H]2[C@@H](C)[C@H](O[C@H]3C[C@@](C)(OC)[C@@H](OC(C)=O)[C@H](C)O3)[C@@H](C)C(=O)O[C@H](I)[C@@]3(C)OC(=O)C(SCc4ccc(OC)cc4)[C@@H]3[C@@H](C)C(=O)[C@H](C)C[C@@]2(C)OC)[C@@H]1OC(C)=O. The zero-order valence-electron chi connectivity index (χ0n) is 42.2. The van der Waals surface area contributed by atoms with Crippen molar-refractivity contribution in [2.45, 2.75) is 183 Å². The molecule has 1 unspecified atom stereocenters. The van der Waals surface area contributed by atoms with Crippen LogP contribution in [0.15, 0.2) is 24.3 Å². The maximum absolute atomic E-state index is 15.1. The number of benzene rings is 1. The number of hydrogen-bond acceptors (Lipinski definition) is 18. The summed E-state index contributed by atoms with van der Waals surface area (Å²) in [5, 5.41) is 2.46. The number of ether oxygens (including phenoxy) is 11. The van der Waals surface area contributed by atoms with Crippen LogP contribution in [0.2, 0.25) is 0 Å². The molecular weight excluding hydrogens is 1020 g/mol. The molecule has 68 heavy (non-hydrogen) atoms. The third kappa shape index (κ3) is 12.3. The summed E-state index contributed by atoms with van der Waals surface area (Å²) in [6, 6.07) is 7.18. The van der Waals surface area contributed by atoms with E-state index in [4.69, 9.17) is 52.1 Å². The standard InChI is InChI=1S/C49H74INO16S/c1-24-21-47(9,58-14)41(65-45-39(62-30(7)52)34(51-12)20-25(2)60-45)27(4)38(64-35-22-48(10,59-15)42(29(6)61-35)63-31(8)53)28(5)43(55)66-46(50)49(11)36(26(3)37(24)54)40(44(56)67-49)68-23-32-16-18-33(57-13)19-17-32/h16-19,24-29,34-36,38-42,45-46,51H,20-23H2,1-15H3/t24-,25-,26-,27+,28-,29+,34+,35+,36+,38+,39-,40?,41-,42+,45+,46+,47-,48-,49+/m1/s1. The van der Waals surface area contributed by atoms with Crippen LogP contribution in [0, 0.1) is 29.6 Å². The zero-order valence-corrected chi connectivity index (χ0v) is 45.2. The number of likely N-dealkylation sites (N-methyl/N-ethyl adjacent to an activating group) is 1. The van der Waals surface area contributed by atoms with Crippen LogP contribution in [0.3, 0.4) is 0 Å². The van der Waals surface area contributed by atoms with Crippen molar-refractivity contribution < 1.29 is 76.1 Å². The van der Waals surface area contributed by atoms with Gasteiger partial charge < -0.3 is 57.4 Å². The highest BCUT2D eigenvalue weighted by atomic mass is 127. The second kappa shape index (κ2) is 23.3. The van der Waals surface area contributed by atoms with E-state index in [0.29, 0.717) is 17.9 Å². The summed E-state index contributed by atoms with van der Waals surface area (Å²) in [5.74, 6) is -5.26. The number of alkyl halides is 1. The lowest BCUT2D eigenvalue weighted by atomic mass is 9.72. The molecule has 0 spiro atoms. The van der Waals surface area contributed by atoms with E-state index in [1.165, 1.54) is 39.8 Å². The van der Waals surface area contributed by atoms with Crippen molar-refractivity contribution >= 4 is 64.0 Å². The van der Waals surface area contributed by atoms with Gasteiger partial charge in [-0.25, -0.2) is 0 Å². The van der Waals surface area contributed by atoms with Gasteiger partial charge in [-0.05, 0) is 102 Å². The second-order valence-electron chi connectivity index (χ2n) is 19.6. The topological polar surface area (TPSA) is 199 Å². The number of nitrogens with one attached hydrogen (secondary N) is 1. The molecule has 19 atom stereocenters. The van der Waals surface area contributed by atoms with Crippen molar-refractivity contribution in [3.8, 4) is 5.75 Å². The Balaban J connectivity index is 1.63. The van der Waals surface area contributed by atoms with Crippen LogP contribution in [0.5, 0.6) is 5.75 Å². The Morgan fingerprint density at radius 2 is 1.43 bits per heavy atom. The third-order valence-electron chi connectivity index (χ3n) is 14.5. The highest BCUT2D eigenvalue weighted by Gasteiger charge is 2.62. The Bertz CT molecular complexity index is 1930. The monoisotopic (exact) mass is 1090 g/mol. The Kier molecular flexibility index (Phi) is 19.3. The Hall–Kier alpha value is -2.63. The summed E-state index contributed by atoms with van der Waals surface area (Å²) in [6.07, 6.45) is -6.24. The molecule has 1 aromatic carbocycles. The number of thioether (sulfide) groups is 1. The van der Waals surface area contributed by atoms with E-state index in [1.807, 2.05) is 74.6 Å². The quantitative estimate of drug-likeness (QED) is 0.0991. The van der Waals surface area contributed by atoms with E-state index < -0.39 is 123 Å². The van der Waals surface area contributed by atoms with Gasteiger partial charge in [0.1, 0.15) is 22.4 Å². The van der Waals surface area contributed by atoms with Gasteiger partial charge in [-0.2, -0.15) is 0 Å². The molecule has 1 aromatic rings. The molecule has 0 bridgehead atoms. The lowest BCUT2D eigenvalue weighted by molar-refractivity contribution is -0.318. The average Bonchev–Trinajstić information content (AvgIpc) is 3.56. The van der Waals surface area contributed by atoms with Gasteiger partial charge >= 0.3 is 23.9 Å². The van der Waals surface area contributed by atoms with Crippen LogP contribution in [0.4, 0.5) is 0 Å². The molecule has 0 amide bonds. The molecule has 17 nitrogen and oxygen atoms in total. The first-order chi connectivity index (χ1) is 31.9. The number of cyclic esters (lactones) is 1. The predicted octanol–water partition coefficient (Wildman–Crippen LogP) is 6.35. The van der Waals surface area contributed by atoms with E-state index in [2.05, 4.69) is 5.32 Å². The summed E-state index contributed by atoms with van der Waals surface area (Å²) in [5.41, 5.74) is -2.87. The van der Waals surface area contributed by atoms with Gasteiger partial charge in [0.05, 0.1) is 49.1 Å². The van der Waals surface area contributed by atoms with Crippen LogP contribution in [-0.2, 0) is 77.1 Å². The van der Waals surface area contributed by atoms with E-state index in [-0.39, 0.29) is 30.8 Å². The number of carbonyl (C=O) groups excluding carboxylic acids is 5. The minimum atomic E-state index is -1.43. The first kappa shape index (κ1) is 56.3. The van der Waals surface area contributed by atoms with Gasteiger partial charge in [-0.1, -0.05) is 32.9 Å². The fourth-order valence-corrected chi connectivity index (χ4v) is 12.9. The second-order valence-corrected chi connectivity index (χ2v) is 21.9. The number of ketones is 1. The fraction of sp³-hybridized carbons (Fsp3) is 0.776. The molecule has 1 N–H and O–H groups in total. The summed E-state index contributed by atoms with van der Waals surface area (Å²) in [6.45, 7) is 18.8. The van der Waals surface area contributed by atoms with Gasteiger partial charge in [0.2, 0.25) is 0 Å². The molecule has 4 saturated heterocycles. The van der Waals surface area contributed by atoms with Crippen molar-refractivity contribution in [2.24, 2.45) is 29.6 Å². The van der Waals surface area contributed by atoms with Crippen molar-refractivity contribution in [2.75, 3.05) is 28.4 Å². The Morgan fingerprint density at radius 3 is 2.00 bits per heavy atom. The maximum atomic E-state index is 15.1. The number of hydrogen-bond donors (Lipinski definition) is 1. The van der Waals surface area contributed by atoms with Crippen molar-refractivity contribution in [3.63, 3.8) is 0 Å². The summed E-state index contributed by atoms with van der Waals surface area (Å²) in [4.78, 5) is 68.9. The normalized spacial score (nSPS) is 41.7. The van der Waals surface area contributed by atoms with Gasteiger partial charge in [0.25, 0.3) is 0 Å². The highest BCUT2D eigenvalue weighted by Crippen LogP contribution is 2.50. The number of esters is 4. The van der Waals surface area contributed by atoms with Gasteiger partial charge in [-0.3, -0.25) is 24.0 Å². The van der Waals surface area contributed by atoms with E-state index in [0.717, 1.165) is 5.56 Å². The van der Waals surface area contributed by atoms with E-state index in [9.17, 15) is 19.2 Å². The van der Waals surface area contributed by atoms with E-state index >= 15 is 4.79 Å². The minimum Gasteiger partial charge on any atom is -0.497 e. The van der Waals surface area contributed by atoms with Gasteiger partial charge in [0, 0.05) is 63.9 Å². The predicted molar refractivity (Wildman–Crippen MR) is 259 cm³/mol. The lowest BCUT2D eigenvalue weighted by Crippen LogP contribution is -2.61. The lowest BCUT2D eigenvalue weighted by Gasteiger charge is -2.50. The Labute approximate surface area is 419 Å². The zero-order chi connectivity index (χ0) is 50.6. The van der Waals surface area contributed by atoms with Gasteiger partial charge in [-0.15, -0.1) is 11.8 Å². The number of carbonyl (C=O) groups is 5. The maximum Gasteiger partial charge on any atom is 0.320 e. The average molecular weight is 1090 g/mol. The fourth-order valence-electron chi connectivity index (χ4n) is 10.7. The minimum absolute atomic E-state index is 0.0923. The number of fused-ring (bicyclic) bond motifs is 1. The smallest absolute Gasteiger partial charge is 0.320 e. The van der Waals surface area contributed by atoms with E-state index in [1.54, 1.807) is 48.8 Å². The van der Waals surface area contributed by atoms with Crippen LogP contribution < -0.4 is 10.1 Å². The number of methoxy groups -OCH3 is 3. The number of rotatable bonds is 13. The summed E-state index contributed by atoms with van der Waals surface area (Å²) >= 11 is 3.36. The van der Waals surface area contributed by atoms with Crippen molar-refractivity contribution in [1.29, 1.82) is 0 Å². The molecule has 0 aromatic heterocycles. The molecule has 0 aliphatic carbocycles. The number of Topliss-reactive ketones (excluding diaryl/α,β-unsaturated/α-hetero) is 1. The van der Waals surface area contributed by atoms with Crippen molar-refractivity contribution in [3.05, 3.63) is 29.8 Å². The highest BCUT2D eigenvalue weighted by molar-refractivity contribution is 14.1. The molecule has 5 rings (SSSR count). The Morgan fingerprint density at radius 1 is 0.809 bits per heavy atom. The molecule has 0 saturated carbocycles. The first-order valence-corrected chi connectivity index (χ1v) is 25.8. The molecule has 4 fully saturated rings. The molecule has 4 heterocycles. The molecule has 4 aliphatic heterocycles. The molecule has 4 aliphatic rings. The largest absolute Gasteiger partial charge is 0.497 e. The molecule has 384 valence electrons. The number of halogens is 1. The van der Waals surface area contributed by atoms with Crippen molar-refractivity contribution in [1.82, 2.24) is 5.32 Å². The van der Waals surface area contributed by atoms with Crippen LogP contribution in [0.1, 0.15) is 101 Å². The molecule has 19 heteroatoms. The van der Waals surface area contributed by atoms with Crippen LogP contribution in [0.25, 0.3) is 0 Å². The third-order valence-corrected chi connectivity index (χ3v) is 17.4. The van der Waals surface area contributed by atoms with Gasteiger partial charge in [0.15, 0.2) is 34.5 Å². The van der Waals surface area contributed by atoms with Crippen LogP contribution >= 0.6 is 34.4 Å². The van der Waals surface area contributed by atoms with Crippen LogP contribution in [-0.4, -0.2) is 139 Å². The summed E-state index contributed by atoms with van der Waals surface area (Å²) in [7, 11) is 6.41. The first-order valence-electron chi connectivity index (χ1n) is 23.5. The summed E-state index contributed by atoms with van der Waals surface area (Å²) < 4.78 is 67.9.